The number of carbonyl (C=O) groups is 1. The number of aryl methyl sites for hydroxylation is 1. The summed E-state index contributed by atoms with van der Waals surface area (Å²) < 4.78 is 0. The molecule has 4 nitrogen and oxygen atoms in total. The fourth-order valence-electron chi connectivity index (χ4n) is 2.08. The second kappa shape index (κ2) is 4.74. The maximum Gasteiger partial charge on any atom is 0.215 e. The third-order valence-electron chi connectivity index (χ3n) is 3.24. The molecule has 4 heteroatoms. The van der Waals surface area contributed by atoms with Gasteiger partial charge in [-0.2, -0.15) is 0 Å². The summed E-state index contributed by atoms with van der Waals surface area (Å²) in [5, 5.41) is 8.78. The van der Waals surface area contributed by atoms with Gasteiger partial charge in [-0.3, -0.25) is 4.79 Å². The largest absolute Gasteiger partial charge is 0.396 e. The van der Waals surface area contributed by atoms with Crippen LogP contribution < -0.4 is 5.73 Å². The van der Waals surface area contributed by atoms with Crippen LogP contribution in [0.3, 0.4) is 0 Å². The number of ketones is 1. The van der Waals surface area contributed by atoms with Gasteiger partial charge in [0.1, 0.15) is 0 Å². The minimum absolute atomic E-state index is 0.201. The van der Waals surface area contributed by atoms with E-state index in [-0.39, 0.29) is 11.5 Å². The molecule has 1 aromatic heterocycles. The van der Waals surface area contributed by atoms with Crippen molar-refractivity contribution in [1.29, 1.82) is 0 Å². The number of rotatable bonds is 2. The molecule has 98 valence electrons. The first kappa shape index (κ1) is 12.3. The molecule has 0 saturated carbocycles. The van der Waals surface area contributed by atoms with Crippen LogP contribution in [0.4, 0.5) is 5.69 Å². The topological polar surface area (TPSA) is 68.9 Å². The Balaban J connectivity index is 2.12. The highest BCUT2D eigenvalue weighted by Gasteiger charge is 2.16. The lowest BCUT2D eigenvalue weighted by Crippen LogP contribution is -2.10. The average molecular weight is 263 g/mol. The third kappa shape index (κ3) is 2.01. The number of hydrogen-bond donors (Lipinski definition) is 1. The van der Waals surface area contributed by atoms with Gasteiger partial charge >= 0.3 is 0 Å². The molecule has 0 radical (unpaired) electrons. The van der Waals surface area contributed by atoms with Crippen molar-refractivity contribution < 1.29 is 4.79 Å². The summed E-state index contributed by atoms with van der Waals surface area (Å²) in [7, 11) is 0. The van der Waals surface area contributed by atoms with E-state index in [0.717, 1.165) is 10.9 Å². The number of anilines is 1. The predicted octanol–water partition coefficient (Wildman–Crippen LogP) is 2.75. The van der Waals surface area contributed by atoms with Gasteiger partial charge in [0, 0.05) is 10.9 Å². The van der Waals surface area contributed by atoms with E-state index in [4.69, 9.17) is 5.73 Å². The maximum atomic E-state index is 12.4. The number of fused-ring (bicyclic) bond motifs is 1. The second-order valence-corrected chi connectivity index (χ2v) is 4.67. The molecule has 0 aliphatic heterocycles. The number of hydrogen-bond acceptors (Lipinski definition) is 4. The molecule has 0 spiro atoms. The van der Waals surface area contributed by atoms with Gasteiger partial charge < -0.3 is 5.73 Å². The van der Waals surface area contributed by atoms with Gasteiger partial charge in [-0.25, -0.2) is 0 Å². The van der Waals surface area contributed by atoms with Crippen LogP contribution in [0.1, 0.15) is 21.6 Å². The van der Waals surface area contributed by atoms with Crippen molar-refractivity contribution in [3.8, 4) is 0 Å². The summed E-state index contributed by atoms with van der Waals surface area (Å²) in [6.07, 6.45) is 0. The molecule has 2 aromatic carbocycles. The molecular formula is C16H13N3O. The molecular weight excluding hydrogens is 250 g/mol. The Morgan fingerprint density at radius 3 is 2.45 bits per heavy atom. The maximum absolute atomic E-state index is 12.4. The molecule has 0 bridgehead atoms. The summed E-state index contributed by atoms with van der Waals surface area (Å²) >= 11 is 0. The first-order chi connectivity index (χ1) is 9.66. The zero-order valence-corrected chi connectivity index (χ0v) is 11.0. The van der Waals surface area contributed by atoms with E-state index in [1.807, 2.05) is 43.3 Å². The van der Waals surface area contributed by atoms with Crippen molar-refractivity contribution in [2.45, 2.75) is 6.92 Å². The Labute approximate surface area is 116 Å². The van der Waals surface area contributed by atoms with E-state index >= 15 is 0 Å². The molecule has 20 heavy (non-hydrogen) atoms. The zero-order chi connectivity index (χ0) is 14.1. The minimum Gasteiger partial charge on any atom is -0.396 e. The van der Waals surface area contributed by atoms with Crippen LogP contribution in [0.5, 0.6) is 0 Å². The van der Waals surface area contributed by atoms with E-state index in [9.17, 15) is 4.79 Å². The SMILES string of the molecule is Cc1ccc(C(=O)c2nnc3ccccc3c2N)cc1. The Morgan fingerprint density at radius 1 is 1.00 bits per heavy atom. The fourth-order valence-corrected chi connectivity index (χ4v) is 2.08. The smallest absolute Gasteiger partial charge is 0.215 e. The molecule has 0 atom stereocenters. The molecule has 2 N–H and O–H groups in total. The highest BCUT2D eigenvalue weighted by Crippen LogP contribution is 2.22. The Kier molecular flexibility index (Phi) is 2.91. The monoisotopic (exact) mass is 263 g/mol. The highest BCUT2D eigenvalue weighted by molar-refractivity contribution is 6.13. The third-order valence-corrected chi connectivity index (χ3v) is 3.24. The summed E-state index contributed by atoms with van der Waals surface area (Å²) in [6.45, 7) is 1.97. The van der Waals surface area contributed by atoms with Crippen LogP contribution in [0, 0.1) is 6.92 Å². The van der Waals surface area contributed by atoms with Crippen molar-refractivity contribution in [1.82, 2.24) is 10.2 Å². The summed E-state index contributed by atoms with van der Waals surface area (Å²) in [6, 6.07) is 14.7. The molecule has 3 aromatic rings. The molecule has 1 heterocycles. The Hall–Kier alpha value is -2.75. The molecule has 0 aliphatic carbocycles. The minimum atomic E-state index is -0.208. The zero-order valence-electron chi connectivity index (χ0n) is 11.0. The average Bonchev–Trinajstić information content (AvgIpc) is 2.48. The molecule has 0 saturated heterocycles. The van der Waals surface area contributed by atoms with Crippen LogP contribution in [0.2, 0.25) is 0 Å². The van der Waals surface area contributed by atoms with Gasteiger partial charge in [-0.05, 0) is 13.0 Å². The Morgan fingerprint density at radius 2 is 1.70 bits per heavy atom. The van der Waals surface area contributed by atoms with E-state index in [2.05, 4.69) is 10.2 Å². The highest BCUT2D eigenvalue weighted by atomic mass is 16.1. The molecule has 0 amide bonds. The van der Waals surface area contributed by atoms with E-state index < -0.39 is 0 Å². The first-order valence-electron chi connectivity index (χ1n) is 6.29. The van der Waals surface area contributed by atoms with Gasteiger partial charge in [-0.1, -0.05) is 48.0 Å². The Bertz CT molecular complexity index is 794. The van der Waals surface area contributed by atoms with Crippen molar-refractivity contribution in [2.75, 3.05) is 5.73 Å². The predicted molar refractivity (Wildman–Crippen MR) is 78.6 cm³/mol. The van der Waals surface area contributed by atoms with E-state index in [1.165, 1.54) is 0 Å². The van der Waals surface area contributed by atoms with Crippen LogP contribution in [-0.2, 0) is 0 Å². The lowest BCUT2D eigenvalue weighted by atomic mass is 10.0. The van der Waals surface area contributed by atoms with Crippen molar-refractivity contribution in [3.05, 3.63) is 65.4 Å². The number of benzene rings is 2. The van der Waals surface area contributed by atoms with Crippen molar-refractivity contribution >= 4 is 22.4 Å². The molecule has 0 aliphatic rings. The first-order valence-corrected chi connectivity index (χ1v) is 6.29. The lowest BCUT2D eigenvalue weighted by molar-refractivity contribution is 0.103. The van der Waals surface area contributed by atoms with Gasteiger partial charge in [0.15, 0.2) is 5.69 Å². The standard InChI is InChI=1S/C16H13N3O/c1-10-6-8-11(9-7-10)16(20)15-14(17)12-4-2-3-5-13(12)18-19-15/h2-9H,1H3,(H2,17,18). The lowest BCUT2D eigenvalue weighted by Gasteiger charge is -2.06. The number of aromatic nitrogens is 2. The van der Waals surface area contributed by atoms with Gasteiger partial charge in [0.2, 0.25) is 5.78 Å². The molecule has 0 fully saturated rings. The van der Waals surface area contributed by atoms with Crippen molar-refractivity contribution in [2.24, 2.45) is 0 Å². The van der Waals surface area contributed by atoms with Gasteiger partial charge in [0.25, 0.3) is 0 Å². The van der Waals surface area contributed by atoms with Gasteiger partial charge in [0.05, 0.1) is 11.2 Å². The number of carbonyl (C=O) groups excluding carboxylic acids is 1. The quantitative estimate of drug-likeness (QED) is 0.722. The molecule has 0 unspecified atom stereocenters. The van der Waals surface area contributed by atoms with Crippen molar-refractivity contribution in [3.63, 3.8) is 0 Å². The van der Waals surface area contributed by atoms with E-state index in [1.54, 1.807) is 12.1 Å². The van der Waals surface area contributed by atoms with Crippen LogP contribution in [0.15, 0.2) is 48.5 Å². The second-order valence-electron chi connectivity index (χ2n) is 4.67. The number of nitrogens with zero attached hydrogens (tertiary/aromatic N) is 2. The normalized spacial score (nSPS) is 10.7. The number of nitrogens with two attached hydrogens (primary N) is 1. The van der Waals surface area contributed by atoms with Crippen LogP contribution in [0.25, 0.3) is 10.9 Å². The number of nitrogen functional groups attached to an aromatic ring is 1. The van der Waals surface area contributed by atoms with Crippen LogP contribution in [-0.4, -0.2) is 16.0 Å². The van der Waals surface area contributed by atoms with Crippen LogP contribution >= 0.6 is 0 Å². The van der Waals surface area contributed by atoms with E-state index in [0.29, 0.717) is 16.8 Å². The van der Waals surface area contributed by atoms with Gasteiger partial charge in [-0.15, -0.1) is 10.2 Å². The molecule has 3 rings (SSSR count). The summed E-state index contributed by atoms with van der Waals surface area (Å²) in [4.78, 5) is 12.4. The summed E-state index contributed by atoms with van der Waals surface area (Å²) in [5.41, 5.74) is 8.99. The summed E-state index contributed by atoms with van der Waals surface area (Å²) in [5.74, 6) is -0.208. The fraction of sp³-hybridized carbons (Fsp3) is 0.0625.